The van der Waals surface area contributed by atoms with Crippen molar-refractivity contribution >= 4 is 0 Å². The van der Waals surface area contributed by atoms with E-state index in [4.69, 9.17) is 0 Å². The van der Waals surface area contributed by atoms with Gasteiger partial charge in [0.05, 0.1) is 6.10 Å². The highest BCUT2D eigenvalue weighted by atomic mass is 16.3. The number of nitrogens with one attached hydrogen (secondary N) is 1. The van der Waals surface area contributed by atoms with E-state index >= 15 is 0 Å². The van der Waals surface area contributed by atoms with Crippen LogP contribution < -0.4 is 5.32 Å². The van der Waals surface area contributed by atoms with Crippen molar-refractivity contribution in [3.63, 3.8) is 0 Å². The first kappa shape index (κ1) is 11.2. The quantitative estimate of drug-likeness (QED) is 0.677. The van der Waals surface area contributed by atoms with Gasteiger partial charge in [0.1, 0.15) is 0 Å². The summed E-state index contributed by atoms with van der Waals surface area (Å²) in [6, 6.07) is 0. The molecule has 0 radical (unpaired) electrons. The molecule has 0 aromatic rings. The summed E-state index contributed by atoms with van der Waals surface area (Å²) >= 11 is 0. The zero-order chi connectivity index (χ0) is 10.8. The van der Waals surface area contributed by atoms with Crippen LogP contribution in [0.5, 0.6) is 0 Å². The fourth-order valence-electron chi connectivity index (χ4n) is 2.78. The van der Waals surface area contributed by atoms with Crippen LogP contribution >= 0.6 is 0 Å². The van der Waals surface area contributed by atoms with Crippen molar-refractivity contribution < 1.29 is 5.11 Å². The molecule has 2 aliphatic rings. The van der Waals surface area contributed by atoms with Crippen LogP contribution in [0.3, 0.4) is 0 Å². The van der Waals surface area contributed by atoms with Crippen molar-refractivity contribution in [2.24, 2.45) is 23.7 Å². The Morgan fingerprint density at radius 3 is 2.67 bits per heavy atom. The molecule has 2 nitrogen and oxygen atoms in total. The Bertz CT molecular complexity index is 237. The lowest BCUT2D eigenvalue weighted by Crippen LogP contribution is -2.34. The fraction of sp³-hybridized carbons (Fsp3) is 0.846. The third-order valence-corrected chi connectivity index (χ3v) is 3.95. The van der Waals surface area contributed by atoms with Crippen LogP contribution in [0.1, 0.15) is 26.7 Å². The van der Waals surface area contributed by atoms with E-state index in [1.807, 2.05) is 0 Å². The van der Waals surface area contributed by atoms with E-state index in [0.29, 0.717) is 5.92 Å². The van der Waals surface area contributed by atoms with Gasteiger partial charge in [-0.05, 0) is 43.1 Å². The van der Waals surface area contributed by atoms with Crippen molar-refractivity contribution in [1.82, 2.24) is 5.32 Å². The molecule has 4 atom stereocenters. The van der Waals surface area contributed by atoms with Crippen LogP contribution in [-0.4, -0.2) is 24.3 Å². The first-order chi connectivity index (χ1) is 7.16. The van der Waals surface area contributed by atoms with Crippen molar-refractivity contribution in [3.05, 3.63) is 12.2 Å². The molecule has 0 spiro atoms. The summed E-state index contributed by atoms with van der Waals surface area (Å²) in [5, 5.41) is 13.1. The molecule has 0 saturated heterocycles. The highest BCUT2D eigenvalue weighted by Crippen LogP contribution is 2.42. The van der Waals surface area contributed by atoms with E-state index in [9.17, 15) is 5.11 Å². The Morgan fingerprint density at radius 2 is 2.13 bits per heavy atom. The molecule has 1 fully saturated rings. The van der Waals surface area contributed by atoms with Gasteiger partial charge in [-0.1, -0.05) is 26.0 Å². The maximum atomic E-state index is 9.66. The van der Waals surface area contributed by atoms with E-state index < -0.39 is 0 Å². The minimum Gasteiger partial charge on any atom is -0.392 e. The Morgan fingerprint density at radius 1 is 1.33 bits per heavy atom. The van der Waals surface area contributed by atoms with Crippen LogP contribution in [0.25, 0.3) is 0 Å². The lowest BCUT2D eigenvalue weighted by molar-refractivity contribution is 0.122. The van der Waals surface area contributed by atoms with Gasteiger partial charge in [0, 0.05) is 6.54 Å². The van der Waals surface area contributed by atoms with E-state index in [1.165, 1.54) is 12.8 Å². The van der Waals surface area contributed by atoms with Crippen LogP contribution in [0.2, 0.25) is 0 Å². The minimum absolute atomic E-state index is 0.195. The van der Waals surface area contributed by atoms with Crippen molar-refractivity contribution in [2.75, 3.05) is 13.1 Å². The Kier molecular flexibility index (Phi) is 3.47. The molecule has 2 bridgehead atoms. The number of aliphatic hydroxyl groups excluding tert-OH is 1. The fourth-order valence-corrected chi connectivity index (χ4v) is 2.78. The van der Waals surface area contributed by atoms with Gasteiger partial charge in [0.15, 0.2) is 0 Å². The minimum atomic E-state index is -0.195. The van der Waals surface area contributed by atoms with Crippen LogP contribution in [0.15, 0.2) is 12.2 Å². The van der Waals surface area contributed by atoms with Crippen molar-refractivity contribution in [3.8, 4) is 0 Å². The van der Waals surface area contributed by atoms with Gasteiger partial charge < -0.3 is 10.4 Å². The maximum Gasteiger partial charge on any atom is 0.0687 e. The average molecular weight is 209 g/mol. The first-order valence-electron chi connectivity index (χ1n) is 6.24. The molecule has 0 amide bonds. The van der Waals surface area contributed by atoms with E-state index in [-0.39, 0.29) is 6.10 Å². The van der Waals surface area contributed by atoms with Gasteiger partial charge >= 0.3 is 0 Å². The monoisotopic (exact) mass is 209 g/mol. The summed E-state index contributed by atoms with van der Waals surface area (Å²) in [5.74, 6) is 2.85. The Balaban J connectivity index is 1.65. The Labute approximate surface area is 92.8 Å². The maximum absolute atomic E-state index is 9.66. The zero-order valence-electron chi connectivity index (χ0n) is 9.82. The summed E-state index contributed by atoms with van der Waals surface area (Å²) < 4.78 is 0. The number of allylic oxidation sites excluding steroid dienone is 2. The molecule has 2 aliphatic carbocycles. The summed E-state index contributed by atoms with van der Waals surface area (Å²) in [5.41, 5.74) is 0. The SMILES string of the molecule is CC(C)C(O)CNCC1CC2C=CC1C2. The molecule has 15 heavy (non-hydrogen) atoms. The molecule has 2 rings (SSSR count). The standard InChI is InChI=1S/C13H23NO/c1-9(2)13(15)8-14-7-12-6-10-3-4-11(12)5-10/h3-4,9-15H,5-8H2,1-2H3. The predicted molar refractivity (Wildman–Crippen MR) is 62.6 cm³/mol. The number of rotatable bonds is 5. The van der Waals surface area contributed by atoms with Gasteiger partial charge in [-0.2, -0.15) is 0 Å². The molecule has 2 heteroatoms. The third kappa shape index (κ3) is 2.61. The normalized spacial score (nSPS) is 35.3. The van der Waals surface area contributed by atoms with Crippen LogP contribution in [0.4, 0.5) is 0 Å². The van der Waals surface area contributed by atoms with Gasteiger partial charge in [-0.3, -0.25) is 0 Å². The van der Waals surface area contributed by atoms with Crippen molar-refractivity contribution in [2.45, 2.75) is 32.8 Å². The average Bonchev–Trinajstić information content (AvgIpc) is 2.78. The second-order valence-electron chi connectivity index (χ2n) is 5.51. The van der Waals surface area contributed by atoms with Crippen LogP contribution in [0, 0.1) is 23.7 Å². The van der Waals surface area contributed by atoms with Gasteiger partial charge in [0.25, 0.3) is 0 Å². The first-order valence-corrected chi connectivity index (χ1v) is 6.24. The van der Waals surface area contributed by atoms with Gasteiger partial charge in [-0.25, -0.2) is 0 Å². The summed E-state index contributed by atoms with van der Waals surface area (Å²) in [7, 11) is 0. The summed E-state index contributed by atoms with van der Waals surface area (Å²) in [6.07, 6.45) is 7.30. The topological polar surface area (TPSA) is 32.3 Å². The molecule has 0 aliphatic heterocycles. The Hall–Kier alpha value is -0.340. The smallest absolute Gasteiger partial charge is 0.0687 e. The lowest BCUT2D eigenvalue weighted by Gasteiger charge is -2.21. The molecule has 0 aromatic heterocycles. The predicted octanol–water partition coefficient (Wildman–Crippen LogP) is 1.81. The molecule has 2 N–H and O–H groups in total. The number of aliphatic hydroxyl groups is 1. The second-order valence-corrected chi connectivity index (χ2v) is 5.51. The van der Waals surface area contributed by atoms with E-state index in [1.54, 1.807) is 0 Å². The van der Waals surface area contributed by atoms with E-state index in [2.05, 4.69) is 31.3 Å². The van der Waals surface area contributed by atoms with E-state index in [0.717, 1.165) is 30.8 Å². The summed E-state index contributed by atoms with van der Waals surface area (Å²) in [6.45, 7) is 5.95. The van der Waals surface area contributed by atoms with Crippen molar-refractivity contribution in [1.29, 1.82) is 0 Å². The largest absolute Gasteiger partial charge is 0.392 e. The molecule has 1 saturated carbocycles. The summed E-state index contributed by atoms with van der Waals surface area (Å²) in [4.78, 5) is 0. The molecule has 0 heterocycles. The number of hydrogen-bond acceptors (Lipinski definition) is 2. The molecular weight excluding hydrogens is 186 g/mol. The molecular formula is C13H23NO. The van der Waals surface area contributed by atoms with Gasteiger partial charge in [-0.15, -0.1) is 0 Å². The third-order valence-electron chi connectivity index (χ3n) is 3.95. The van der Waals surface area contributed by atoms with Gasteiger partial charge in [0.2, 0.25) is 0 Å². The molecule has 86 valence electrons. The number of hydrogen-bond donors (Lipinski definition) is 2. The highest BCUT2D eigenvalue weighted by Gasteiger charge is 2.34. The molecule has 4 unspecified atom stereocenters. The number of fused-ring (bicyclic) bond motifs is 2. The van der Waals surface area contributed by atoms with Crippen LogP contribution in [-0.2, 0) is 0 Å². The lowest BCUT2D eigenvalue weighted by atomic mass is 9.93. The highest BCUT2D eigenvalue weighted by molar-refractivity contribution is 5.10. The zero-order valence-corrected chi connectivity index (χ0v) is 9.82. The second kappa shape index (κ2) is 4.67. The molecule has 0 aromatic carbocycles.